The molecule has 0 saturated heterocycles. The van der Waals surface area contributed by atoms with E-state index in [9.17, 15) is 0 Å². The Morgan fingerprint density at radius 3 is 2.88 bits per heavy atom. The fraction of sp³-hybridized carbons (Fsp3) is 0.385. The number of nitrogens with two attached hydrogens (primary N) is 1. The molecular formula is C13H16N4. The summed E-state index contributed by atoms with van der Waals surface area (Å²) < 4.78 is 1.96. The van der Waals surface area contributed by atoms with Gasteiger partial charge in [-0.25, -0.2) is 4.68 Å². The van der Waals surface area contributed by atoms with Crippen LogP contribution in [0.1, 0.15) is 17.8 Å². The van der Waals surface area contributed by atoms with Crippen LogP contribution in [-0.2, 0) is 12.8 Å². The molecular weight excluding hydrogens is 212 g/mol. The Bertz CT molecular complexity index is 503. The van der Waals surface area contributed by atoms with Gasteiger partial charge in [0.2, 0.25) is 0 Å². The van der Waals surface area contributed by atoms with E-state index in [1.54, 1.807) is 0 Å². The lowest BCUT2D eigenvalue weighted by atomic mass is 9.90. The van der Waals surface area contributed by atoms with Crippen molar-refractivity contribution in [2.45, 2.75) is 19.3 Å². The molecule has 4 nitrogen and oxygen atoms in total. The normalized spacial score (nSPS) is 19.0. The first-order valence-electron chi connectivity index (χ1n) is 6.07. The Hall–Kier alpha value is -1.68. The largest absolute Gasteiger partial charge is 0.330 e. The van der Waals surface area contributed by atoms with Gasteiger partial charge in [0.25, 0.3) is 0 Å². The van der Waals surface area contributed by atoms with Gasteiger partial charge in [0.05, 0.1) is 17.1 Å². The topological polar surface area (TPSA) is 56.7 Å². The van der Waals surface area contributed by atoms with Gasteiger partial charge in [0.1, 0.15) is 0 Å². The van der Waals surface area contributed by atoms with Crippen molar-refractivity contribution < 1.29 is 0 Å². The van der Waals surface area contributed by atoms with Gasteiger partial charge in [0.15, 0.2) is 0 Å². The molecule has 1 atom stereocenters. The fourth-order valence-electron chi connectivity index (χ4n) is 2.44. The lowest BCUT2D eigenvalue weighted by Crippen LogP contribution is -2.23. The minimum Gasteiger partial charge on any atom is -0.330 e. The second-order valence-electron chi connectivity index (χ2n) is 4.57. The molecule has 0 spiro atoms. The first-order valence-corrected chi connectivity index (χ1v) is 6.07. The number of rotatable bonds is 2. The quantitative estimate of drug-likeness (QED) is 0.843. The summed E-state index contributed by atoms with van der Waals surface area (Å²) in [6, 6.07) is 10.2. The van der Waals surface area contributed by atoms with Crippen LogP contribution < -0.4 is 5.73 Å². The Labute approximate surface area is 100 Å². The minimum absolute atomic E-state index is 0.573. The monoisotopic (exact) mass is 228 g/mol. The SMILES string of the molecule is NCC1CCc2c(nnn2-c2ccccc2)C1. The van der Waals surface area contributed by atoms with Crippen molar-refractivity contribution in [3.63, 3.8) is 0 Å². The molecule has 1 unspecified atom stereocenters. The van der Waals surface area contributed by atoms with E-state index >= 15 is 0 Å². The van der Waals surface area contributed by atoms with Gasteiger partial charge in [-0.3, -0.25) is 0 Å². The van der Waals surface area contributed by atoms with Crippen LogP contribution in [0.4, 0.5) is 0 Å². The third kappa shape index (κ3) is 1.85. The van der Waals surface area contributed by atoms with Gasteiger partial charge in [-0.1, -0.05) is 23.4 Å². The van der Waals surface area contributed by atoms with E-state index in [4.69, 9.17) is 5.73 Å². The minimum atomic E-state index is 0.573. The molecule has 1 aliphatic carbocycles. The smallest absolute Gasteiger partial charge is 0.0867 e. The second kappa shape index (κ2) is 4.30. The lowest BCUT2D eigenvalue weighted by Gasteiger charge is -2.19. The van der Waals surface area contributed by atoms with Crippen molar-refractivity contribution in [3.8, 4) is 5.69 Å². The van der Waals surface area contributed by atoms with Gasteiger partial charge in [0, 0.05) is 0 Å². The van der Waals surface area contributed by atoms with Gasteiger partial charge < -0.3 is 5.73 Å². The van der Waals surface area contributed by atoms with Crippen molar-refractivity contribution >= 4 is 0 Å². The highest BCUT2D eigenvalue weighted by atomic mass is 15.4. The van der Waals surface area contributed by atoms with Crippen molar-refractivity contribution in [1.82, 2.24) is 15.0 Å². The summed E-state index contributed by atoms with van der Waals surface area (Å²) in [5.41, 5.74) is 9.19. The van der Waals surface area contributed by atoms with Crippen LogP contribution in [0.15, 0.2) is 30.3 Å². The van der Waals surface area contributed by atoms with E-state index in [0.29, 0.717) is 5.92 Å². The Morgan fingerprint density at radius 1 is 1.29 bits per heavy atom. The maximum atomic E-state index is 5.72. The average molecular weight is 228 g/mol. The average Bonchev–Trinajstić information content (AvgIpc) is 2.82. The van der Waals surface area contributed by atoms with Crippen LogP contribution in [-0.4, -0.2) is 21.5 Å². The molecule has 4 heteroatoms. The Kier molecular flexibility index (Phi) is 2.65. The molecule has 1 aliphatic rings. The molecule has 1 heterocycles. The van der Waals surface area contributed by atoms with Crippen LogP contribution in [0.25, 0.3) is 5.69 Å². The zero-order chi connectivity index (χ0) is 11.7. The molecule has 0 saturated carbocycles. The maximum absolute atomic E-state index is 5.72. The summed E-state index contributed by atoms with van der Waals surface area (Å²) in [7, 11) is 0. The van der Waals surface area contributed by atoms with Gasteiger partial charge in [-0.15, -0.1) is 5.10 Å². The number of para-hydroxylation sites is 1. The summed E-state index contributed by atoms with van der Waals surface area (Å²) in [6.45, 7) is 0.748. The van der Waals surface area contributed by atoms with E-state index < -0.39 is 0 Å². The first kappa shape index (κ1) is 10.5. The summed E-state index contributed by atoms with van der Waals surface area (Å²) in [5.74, 6) is 0.573. The molecule has 0 radical (unpaired) electrons. The summed E-state index contributed by atoms with van der Waals surface area (Å²) in [5, 5.41) is 8.55. The molecule has 1 aromatic heterocycles. The van der Waals surface area contributed by atoms with Crippen molar-refractivity contribution in [1.29, 1.82) is 0 Å². The molecule has 0 aliphatic heterocycles. The summed E-state index contributed by atoms with van der Waals surface area (Å²) in [6.07, 6.45) is 3.14. The highest BCUT2D eigenvalue weighted by molar-refractivity contribution is 5.33. The fourth-order valence-corrected chi connectivity index (χ4v) is 2.44. The maximum Gasteiger partial charge on any atom is 0.0867 e. The summed E-state index contributed by atoms with van der Waals surface area (Å²) in [4.78, 5) is 0. The third-order valence-corrected chi connectivity index (χ3v) is 3.45. The standard InChI is InChI=1S/C13H16N4/c14-9-10-6-7-13-12(8-10)15-16-17(13)11-4-2-1-3-5-11/h1-5,10H,6-9,14H2. The van der Waals surface area contributed by atoms with E-state index in [0.717, 1.165) is 37.2 Å². The van der Waals surface area contributed by atoms with E-state index in [1.807, 2.05) is 22.9 Å². The zero-order valence-corrected chi connectivity index (χ0v) is 9.71. The molecule has 2 N–H and O–H groups in total. The van der Waals surface area contributed by atoms with E-state index in [-0.39, 0.29) is 0 Å². The first-order chi connectivity index (χ1) is 8.38. The second-order valence-corrected chi connectivity index (χ2v) is 4.57. The zero-order valence-electron chi connectivity index (χ0n) is 9.71. The van der Waals surface area contributed by atoms with Crippen LogP contribution in [0.2, 0.25) is 0 Å². The number of nitrogens with zero attached hydrogens (tertiary/aromatic N) is 3. The van der Waals surface area contributed by atoms with Crippen LogP contribution >= 0.6 is 0 Å². The van der Waals surface area contributed by atoms with Crippen LogP contribution in [0.5, 0.6) is 0 Å². The van der Waals surface area contributed by atoms with Gasteiger partial charge in [-0.05, 0) is 43.9 Å². The van der Waals surface area contributed by atoms with Crippen molar-refractivity contribution in [3.05, 3.63) is 41.7 Å². The van der Waals surface area contributed by atoms with Crippen LogP contribution in [0, 0.1) is 5.92 Å². The Morgan fingerprint density at radius 2 is 2.12 bits per heavy atom. The Balaban J connectivity index is 1.97. The van der Waals surface area contributed by atoms with Gasteiger partial charge in [-0.2, -0.15) is 0 Å². The van der Waals surface area contributed by atoms with E-state index in [1.165, 1.54) is 5.69 Å². The number of benzene rings is 1. The van der Waals surface area contributed by atoms with Crippen molar-refractivity contribution in [2.24, 2.45) is 11.7 Å². The van der Waals surface area contributed by atoms with Crippen LogP contribution in [0.3, 0.4) is 0 Å². The van der Waals surface area contributed by atoms with Gasteiger partial charge >= 0.3 is 0 Å². The number of fused-ring (bicyclic) bond motifs is 1. The van der Waals surface area contributed by atoms with E-state index in [2.05, 4.69) is 22.4 Å². The molecule has 17 heavy (non-hydrogen) atoms. The number of hydrogen-bond donors (Lipinski definition) is 1. The lowest BCUT2D eigenvalue weighted by molar-refractivity contribution is 0.458. The molecule has 88 valence electrons. The highest BCUT2D eigenvalue weighted by Crippen LogP contribution is 2.24. The third-order valence-electron chi connectivity index (χ3n) is 3.45. The number of hydrogen-bond acceptors (Lipinski definition) is 3. The van der Waals surface area contributed by atoms with Crippen molar-refractivity contribution in [2.75, 3.05) is 6.54 Å². The highest BCUT2D eigenvalue weighted by Gasteiger charge is 2.23. The molecule has 0 fully saturated rings. The molecule has 0 bridgehead atoms. The predicted octanol–water partition coefficient (Wildman–Crippen LogP) is 1.33. The predicted molar refractivity (Wildman–Crippen MR) is 65.9 cm³/mol. The molecule has 0 amide bonds. The molecule has 2 aromatic rings. The number of aromatic nitrogens is 3. The summed E-state index contributed by atoms with van der Waals surface area (Å²) >= 11 is 0. The molecule has 3 rings (SSSR count). The molecule has 1 aromatic carbocycles.